The highest BCUT2D eigenvalue weighted by atomic mass is 79.9. The van der Waals surface area contributed by atoms with Gasteiger partial charge in [-0.3, -0.25) is 4.79 Å². The van der Waals surface area contributed by atoms with Gasteiger partial charge < -0.3 is 5.32 Å². The maximum absolute atomic E-state index is 12.2. The molecule has 0 atom stereocenters. The molecule has 0 aliphatic rings. The van der Waals surface area contributed by atoms with Crippen molar-refractivity contribution < 1.29 is 4.79 Å². The molecule has 98 valence electrons. The first kappa shape index (κ1) is 14.1. The molecule has 0 aliphatic heterocycles. The number of aryl methyl sites for hydroxylation is 2. The number of rotatable bonds is 2. The number of carbonyl (C=O) groups excluding carboxylic acids is 1. The van der Waals surface area contributed by atoms with Gasteiger partial charge in [-0.05, 0) is 49.2 Å². The molecule has 2 rings (SSSR count). The first-order valence-electron chi connectivity index (χ1n) is 5.81. The van der Waals surface area contributed by atoms with E-state index < -0.39 is 0 Å². The molecule has 2 nitrogen and oxygen atoms in total. The van der Waals surface area contributed by atoms with Crippen LogP contribution in [0.4, 0.5) is 5.69 Å². The molecule has 19 heavy (non-hydrogen) atoms. The van der Waals surface area contributed by atoms with Crippen LogP contribution in [0, 0.1) is 13.8 Å². The summed E-state index contributed by atoms with van der Waals surface area (Å²) in [6.45, 7) is 3.91. The zero-order valence-electron chi connectivity index (χ0n) is 10.6. The highest BCUT2D eigenvalue weighted by molar-refractivity contribution is 9.10. The van der Waals surface area contributed by atoms with Crippen molar-refractivity contribution in [1.82, 2.24) is 0 Å². The van der Waals surface area contributed by atoms with Gasteiger partial charge in [-0.25, -0.2) is 0 Å². The molecule has 0 saturated carbocycles. The van der Waals surface area contributed by atoms with Crippen LogP contribution in [0.3, 0.4) is 0 Å². The summed E-state index contributed by atoms with van der Waals surface area (Å²) in [5.74, 6) is -0.147. The van der Waals surface area contributed by atoms with E-state index in [-0.39, 0.29) is 5.91 Å². The van der Waals surface area contributed by atoms with Crippen molar-refractivity contribution in [2.75, 3.05) is 5.32 Å². The number of hydrogen-bond acceptors (Lipinski definition) is 1. The summed E-state index contributed by atoms with van der Waals surface area (Å²) in [4.78, 5) is 12.2. The monoisotopic (exact) mass is 337 g/mol. The summed E-state index contributed by atoms with van der Waals surface area (Å²) in [6, 6.07) is 10.9. The minimum atomic E-state index is -0.147. The summed E-state index contributed by atoms with van der Waals surface area (Å²) in [5.41, 5.74) is 3.41. The molecule has 2 aromatic carbocycles. The van der Waals surface area contributed by atoms with Crippen LogP contribution in [0.25, 0.3) is 0 Å². The molecule has 4 heteroatoms. The Morgan fingerprint density at radius 2 is 1.79 bits per heavy atom. The van der Waals surface area contributed by atoms with Gasteiger partial charge >= 0.3 is 0 Å². The molecule has 0 radical (unpaired) electrons. The van der Waals surface area contributed by atoms with Crippen LogP contribution < -0.4 is 5.32 Å². The smallest absolute Gasteiger partial charge is 0.255 e. The van der Waals surface area contributed by atoms with E-state index in [0.29, 0.717) is 10.6 Å². The molecule has 1 amide bonds. The Hall–Kier alpha value is -1.32. The molecule has 1 N–H and O–H groups in total. The van der Waals surface area contributed by atoms with Crippen LogP contribution in [-0.4, -0.2) is 5.91 Å². The second-order valence-corrected chi connectivity index (χ2v) is 5.67. The number of anilines is 1. The van der Waals surface area contributed by atoms with Gasteiger partial charge in [0, 0.05) is 20.7 Å². The Morgan fingerprint density at radius 1 is 1.11 bits per heavy atom. The number of amides is 1. The number of hydrogen-bond donors (Lipinski definition) is 1. The van der Waals surface area contributed by atoms with Gasteiger partial charge in [0.15, 0.2) is 0 Å². The molecule has 0 saturated heterocycles. The maximum atomic E-state index is 12.2. The van der Waals surface area contributed by atoms with Crippen molar-refractivity contribution in [3.05, 3.63) is 62.6 Å². The van der Waals surface area contributed by atoms with Gasteiger partial charge in [0.2, 0.25) is 0 Å². The molecule has 0 bridgehead atoms. The van der Waals surface area contributed by atoms with Crippen LogP contribution in [-0.2, 0) is 0 Å². The average molecular weight is 339 g/mol. The zero-order valence-corrected chi connectivity index (χ0v) is 13.0. The fraction of sp³-hybridized carbons (Fsp3) is 0.133. The highest BCUT2D eigenvalue weighted by Gasteiger charge is 2.09. The molecule has 0 heterocycles. The van der Waals surface area contributed by atoms with Gasteiger partial charge in [0.25, 0.3) is 5.91 Å². The van der Waals surface area contributed by atoms with E-state index in [4.69, 9.17) is 11.6 Å². The van der Waals surface area contributed by atoms with Gasteiger partial charge in [0.1, 0.15) is 0 Å². The lowest BCUT2D eigenvalue weighted by atomic mass is 10.1. The van der Waals surface area contributed by atoms with Crippen LogP contribution in [0.1, 0.15) is 21.5 Å². The van der Waals surface area contributed by atoms with E-state index in [9.17, 15) is 4.79 Å². The zero-order chi connectivity index (χ0) is 14.0. The van der Waals surface area contributed by atoms with E-state index in [2.05, 4.69) is 21.2 Å². The van der Waals surface area contributed by atoms with E-state index in [1.165, 1.54) is 0 Å². The van der Waals surface area contributed by atoms with Crippen molar-refractivity contribution in [3.8, 4) is 0 Å². The summed E-state index contributed by atoms with van der Waals surface area (Å²) >= 11 is 9.36. The van der Waals surface area contributed by atoms with E-state index >= 15 is 0 Å². The summed E-state index contributed by atoms with van der Waals surface area (Å²) in [6.07, 6.45) is 0. The number of halogens is 2. The molecule has 2 aromatic rings. The fourth-order valence-electron chi connectivity index (χ4n) is 1.66. The highest BCUT2D eigenvalue weighted by Crippen LogP contribution is 2.22. The third-order valence-electron chi connectivity index (χ3n) is 2.88. The normalized spacial score (nSPS) is 10.3. The van der Waals surface area contributed by atoms with Crippen molar-refractivity contribution in [3.63, 3.8) is 0 Å². The lowest BCUT2D eigenvalue weighted by molar-refractivity contribution is 0.102. The first-order valence-corrected chi connectivity index (χ1v) is 6.98. The van der Waals surface area contributed by atoms with Crippen molar-refractivity contribution in [2.45, 2.75) is 13.8 Å². The molecule has 0 spiro atoms. The lowest BCUT2D eigenvalue weighted by Gasteiger charge is -2.09. The maximum Gasteiger partial charge on any atom is 0.255 e. The molecule has 0 aliphatic carbocycles. The van der Waals surface area contributed by atoms with Crippen LogP contribution >= 0.6 is 27.5 Å². The minimum absolute atomic E-state index is 0.147. The Labute approximate surface area is 125 Å². The van der Waals surface area contributed by atoms with E-state index in [0.717, 1.165) is 21.3 Å². The topological polar surface area (TPSA) is 29.1 Å². The van der Waals surface area contributed by atoms with Gasteiger partial charge in [-0.15, -0.1) is 0 Å². The predicted octanol–water partition coefficient (Wildman–Crippen LogP) is 4.97. The number of benzene rings is 2. The molecule has 0 fully saturated rings. The standard InChI is InChI=1S/C15H13BrClNO/c1-9-3-5-11(7-13(9)16)15(19)18-14-8-12(17)6-4-10(14)2/h3-8H,1-2H3,(H,18,19). The van der Waals surface area contributed by atoms with Gasteiger partial charge in [-0.1, -0.05) is 39.7 Å². The summed E-state index contributed by atoms with van der Waals surface area (Å²) < 4.78 is 0.919. The third-order valence-corrected chi connectivity index (χ3v) is 3.97. The van der Waals surface area contributed by atoms with Crippen molar-refractivity contribution >= 4 is 39.1 Å². The predicted molar refractivity (Wildman–Crippen MR) is 83.0 cm³/mol. The van der Waals surface area contributed by atoms with Crippen LogP contribution in [0.5, 0.6) is 0 Å². The van der Waals surface area contributed by atoms with Gasteiger partial charge in [-0.2, -0.15) is 0 Å². The van der Waals surface area contributed by atoms with E-state index in [1.807, 2.05) is 32.0 Å². The quantitative estimate of drug-likeness (QED) is 0.823. The van der Waals surface area contributed by atoms with Crippen LogP contribution in [0.2, 0.25) is 5.02 Å². The van der Waals surface area contributed by atoms with Crippen molar-refractivity contribution in [1.29, 1.82) is 0 Å². The first-order chi connectivity index (χ1) is 8.97. The van der Waals surface area contributed by atoms with Crippen molar-refractivity contribution in [2.24, 2.45) is 0 Å². The molecule has 0 unspecified atom stereocenters. The number of nitrogens with one attached hydrogen (secondary N) is 1. The molecular formula is C15H13BrClNO. The number of carbonyl (C=O) groups is 1. The summed E-state index contributed by atoms with van der Waals surface area (Å²) in [7, 11) is 0. The fourth-order valence-corrected chi connectivity index (χ4v) is 2.21. The molecular weight excluding hydrogens is 326 g/mol. The average Bonchev–Trinajstić information content (AvgIpc) is 2.37. The van der Waals surface area contributed by atoms with Crippen LogP contribution in [0.15, 0.2) is 40.9 Å². The third kappa shape index (κ3) is 3.37. The minimum Gasteiger partial charge on any atom is -0.322 e. The SMILES string of the molecule is Cc1ccc(C(=O)Nc2cc(Cl)ccc2C)cc1Br. The van der Waals surface area contributed by atoms with Gasteiger partial charge in [0.05, 0.1) is 0 Å². The Kier molecular flexibility index (Phi) is 4.27. The van der Waals surface area contributed by atoms with E-state index in [1.54, 1.807) is 18.2 Å². The lowest BCUT2D eigenvalue weighted by Crippen LogP contribution is -2.12. The largest absolute Gasteiger partial charge is 0.322 e. The molecule has 0 aromatic heterocycles. The Bertz CT molecular complexity index is 640. The Balaban J connectivity index is 2.25. The second-order valence-electron chi connectivity index (χ2n) is 4.38. The Morgan fingerprint density at radius 3 is 2.47 bits per heavy atom. The summed E-state index contributed by atoms with van der Waals surface area (Å²) in [5, 5.41) is 3.47. The second kappa shape index (κ2) is 5.76.